The summed E-state index contributed by atoms with van der Waals surface area (Å²) in [6.45, 7) is 14.0. The minimum atomic E-state index is 0.449. The van der Waals surface area contributed by atoms with Crippen LogP contribution >= 0.6 is 0 Å². The summed E-state index contributed by atoms with van der Waals surface area (Å²) in [6, 6.07) is 0.517. The SMILES string of the molecule is Cc1nc(N2CCCC2)nc(C)c1C(C)CNC(C)C. The van der Waals surface area contributed by atoms with Gasteiger partial charge in [-0.15, -0.1) is 0 Å². The normalized spacial score (nSPS) is 17.0. The second-order valence-electron chi connectivity index (χ2n) is 6.27. The third-order valence-electron chi connectivity index (χ3n) is 4.03. The lowest BCUT2D eigenvalue weighted by Crippen LogP contribution is -2.28. The van der Waals surface area contributed by atoms with E-state index in [4.69, 9.17) is 9.97 Å². The molecule has 4 heteroatoms. The number of anilines is 1. The highest BCUT2D eigenvalue weighted by Gasteiger charge is 2.19. The summed E-state index contributed by atoms with van der Waals surface area (Å²) in [7, 11) is 0. The monoisotopic (exact) mass is 276 g/mol. The first-order chi connectivity index (χ1) is 9.49. The molecule has 1 saturated heterocycles. The van der Waals surface area contributed by atoms with Gasteiger partial charge < -0.3 is 10.2 Å². The zero-order valence-corrected chi connectivity index (χ0v) is 13.5. The number of hydrogen-bond acceptors (Lipinski definition) is 4. The molecule has 0 radical (unpaired) electrons. The Morgan fingerprint density at radius 3 is 2.10 bits per heavy atom. The van der Waals surface area contributed by atoms with Crippen LogP contribution < -0.4 is 10.2 Å². The van der Waals surface area contributed by atoms with Crippen molar-refractivity contribution in [1.82, 2.24) is 15.3 Å². The summed E-state index contributed by atoms with van der Waals surface area (Å²) >= 11 is 0. The Morgan fingerprint density at radius 2 is 1.60 bits per heavy atom. The minimum absolute atomic E-state index is 0.449. The van der Waals surface area contributed by atoms with Crippen molar-refractivity contribution in [2.45, 2.75) is 59.4 Å². The van der Waals surface area contributed by atoms with Crippen LogP contribution in [0.3, 0.4) is 0 Å². The van der Waals surface area contributed by atoms with Gasteiger partial charge in [0.2, 0.25) is 5.95 Å². The fourth-order valence-corrected chi connectivity index (χ4v) is 2.99. The van der Waals surface area contributed by atoms with Crippen LogP contribution in [-0.2, 0) is 0 Å². The Hall–Kier alpha value is -1.16. The number of aryl methyl sites for hydroxylation is 2. The van der Waals surface area contributed by atoms with Gasteiger partial charge in [0.05, 0.1) is 0 Å². The maximum Gasteiger partial charge on any atom is 0.225 e. The van der Waals surface area contributed by atoms with E-state index >= 15 is 0 Å². The first-order valence-corrected chi connectivity index (χ1v) is 7.82. The molecule has 1 atom stereocenters. The average Bonchev–Trinajstić information content (AvgIpc) is 2.89. The van der Waals surface area contributed by atoms with Crippen molar-refractivity contribution >= 4 is 5.95 Å². The van der Waals surface area contributed by atoms with E-state index in [9.17, 15) is 0 Å². The number of nitrogens with one attached hydrogen (secondary N) is 1. The molecule has 1 N–H and O–H groups in total. The second kappa shape index (κ2) is 6.53. The number of hydrogen-bond donors (Lipinski definition) is 1. The van der Waals surface area contributed by atoms with E-state index in [0.29, 0.717) is 12.0 Å². The zero-order chi connectivity index (χ0) is 14.7. The molecule has 0 amide bonds. The molecule has 1 aromatic rings. The van der Waals surface area contributed by atoms with Gasteiger partial charge in [-0.3, -0.25) is 0 Å². The average molecular weight is 276 g/mol. The van der Waals surface area contributed by atoms with Crippen molar-refractivity contribution in [3.05, 3.63) is 17.0 Å². The zero-order valence-electron chi connectivity index (χ0n) is 13.5. The van der Waals surface area contributed by atoms with Crippen LogP contribution in [0.4, 0.5) is 5.95 Å². The van der Waals surface area contributed by atoms with Crippen LogP contribution in [0.15, 0.2) is 0 Å². The topological polar surface area (TPSA) is 41.1 Å². The Kier molecular flexibility index (Phi) is 4.97. The quantitative estimate of drug-likeness (QED) is 0.898. The molecular formula is C16H28N4. The van der Waals surface area contributed by atoms with Crippen molar-refractivity contribution in [3.63, 3.8) is 0 Å². The molecule has 4 nitrogen and oxygen atoms in total. The van der Waals surface area contributed by atoms with Gasteiger partial charge in [-0.2, -0.15) is 0 Å². The van der Waals surface area contributed by atoms with Gasteiger partial charge >= 0.3 is 0 Å². The molecule has 0 aromatic carbocycles. The van der Waals surface area contributed by atoms with E-state index in [0.717, 1.165) is 37.0 Å². The Bertz CT molecular complexity index is 427. The Balaban J connectivity index is 2.17. The minimum Gasteiger partial charge on any atom is -0.341 e. The van der Waals surface area contributed by atoms with Crippen molar-refractivity contribution < 1.29 is 0 Å². The van der Waals surface area contributed by atoms with Gasteiger partial charge in [0.15, 0.2) is 0 Å². The number of aromatic nitrogens is 2. The second-order valence-corrected chi connectivity index (χ2v) is 6.27. The third kappa shape index (κ3) is 3.48. The maximum absolute atomic E-state index is 4.75. The molecular weight excluding hydrogens is 248 g/mol. The third-order valence-corrected chi connectivity index (χ3v) is 4.03. The van der Waals surface area contributed by atoms with Gasteiger partial charge in [-0.25, -0.2) is 9.97 Å². The summed E-state index contributed by atoms with van der Waals surface area (Å²) in [5, 5.41) is 3.50. The van der Waals surface area contributed by atoms with Crippen molar-refractivity contribution in [2.75, 3.05) is 24.5 Å². The Labute approximate surface area is 123 Å². The summed E-state index contributed by atoms with van der Waals surface area (Å²) < 4.78 is 0. The molecule has 1 fully saturated rings. The lowest BCUT2D eigenvalue weighted by molar-refractivity contribution is 0.543. The molecule has 112 valence electrons. The smallest absolute Gasteiger partial charge is 0.225 e. The van der Waals surface area contributed by atoms with Crippen molar-refractivity contribution in [2.24, 2.45) is 0 Å². The predicted octanol–water partition coefficient (Wildman–Crippen LogP) is 2.80. The van der Waals surface area contributed by atoms with Crippen LogP contribution in [0.5, 0.6) is 0 Å². The van der Waals surface area contributed by atoms with Crippen LogP contribution in [-0.4, -0.2) is 35.6 Å². The largest absolute Gasteiger partial charge is 0.341 e. The maximum atomic E-state index is 4.75. The summed E-state index contributed by atoms with van der Waals surface area (Å²) in [6.07, 6.45) is 2.52. The lowest BCUT2D eigenvalue weighted by atomic mass is 9.98. The van der Waals surface area contributed by atoms with Crippen LogP contribution in [0, 0.1) is 13.8 Å². The summed E-state index contributed by atoms with van der Waals surface area (Å²) in [5.74, 6) is 1.37. The van der Waals surface area contributed by atoms with E-state index in [1.54, 1.807) is 0 Å². The van der Waals surface area contributed by atoms with E-state index in [1.165, 1.54) is 18.4 Å². The molecule has 1 aliphatic rings. The molecule has 1 aromatic heterocycles. The first-order valence-electron chi connectivity index (χ1n) is 7.82. The van der Waals surface area contributed by atoms with Crippen LogP contribution in [0.25, 0.3) is 0 Å². The number of nitrogens with zero attached hydrogens (tertiary/aromatic N) is 3. The van der Waals surface area contributed by atoms with E-state index < -0.39 is 0 Å². The highest BCUT2D eigenvalue weighted by molar-refractivity contribution is 5.38. The highest BCUT2D eigenvalue weighted by Crippen LogP contribution is 2.24. The molecule has 0 spiro atoms. The first kappa shape index (κ1) is 15.2. The van der Waals surface area contributed by atoms with Gasteiger partial charge in [-0.1, -0.05) is 20.8 Å². The van der Waals surface area contributed by atoms with Gasteiger partial charge in [0.25, 0.3) is 0 Å². The predicted molar refractivity (Wildman–Crippen MR) is 84.5 cm³/mol. The highest BCUT2D eigenvalue weighted by atomic mass is 15.3. The van der Waals surface area contributed by atoms with Gasteiger partial charge in [-0.05, 0) is 38.2 Å². The molecule has 0 bridgehead atoms. The van der Waals surface area contributed by atoms with Crippen LogP contribution in [0.2, 0.25) is 0 Å². The van der Waals surface area contributed by atoms with Crippen LogP contribution in [0.1, 0.15) is 56.5 Å². The van der Waals surface area contributed by atoms with Gasteiger partial charge in [0, 0.05) is 37.1 Å². The van der Waals surface area contributed by atoms with Crippen molar-refractivity contribution in [1.29, 1.82) is 0 Å². The van der Waals surface area contributed by atoms with E-state index in [-0.39, 0.29) is 0 Å². The van der Waals surface area contributed by atoms with Crippen molar-refractivity contribution in [3.8, 4) is 0 Å². The fourth-order valence-electron chi connectivity index (χ4n) is 2.99. The molecule has 0 saturated carbocycles. The van der Waals surface area contributed by atoms with E-state index in [1.807, 2.05) is 0 Å². The molecule has 1 unspecified atom stereocenters. The Morgan fingerprint density at radius 1 is 1.05 bits per heavy atom. The molecule has 1 aliphatic heterocycles. The van der Waals surface area contributed by atoms with Gasteiger partial charge in [0.1, 0.15) is 0 Å². The fraction of sp³-hybridized carbons (Fsp3) is 0.750. The molecule has 2 rings (SSSR count). The summed E-state index contributed by atoms with van der Waals surface area (Å²) in [4.78, 5) is 11.8. The molecule has 2 heterocycles. The lowest BCUT2D eigenvalue weighted by Gasteiger charge is -2.22. The summed E-state index contributed by atoms with van der Waals surface area (Å²) in [5.41, 5.74) is 3.58. The van der Waals surface area contributed by atoms with E-state index in [2.05, 4.69) is 44.8 Å². The number of rotatable bonds is 5. The molecule has 20 heavy (non-hydrogen) atoms. The standard InChI is InChI=1S/C16H28N4/c1-11(2)17-10-12(3)15-13(4)18-16(19-14(15)5)20-8-6-7-9-20/h11-12,17H,6-10H2,1-5H3. The molecule has 0 aliphatic carbocycles.